The van der Waals surface area contributed by atoms with Gasteiger partial charge in [0.1, 0.15) is 12.6 Å². The van der Waals surface area contributed by atoms with Crippen LogP contribution in [0.25, 0.3) is 0 Å². The molecule has 0 spiro atoms. The number of ether oxygens (including phenoxy) is 1. The fraction of sp³-hybridized carbons (Fsp3) is 0.300. The number of rotatable bonds is 6. The van der Waals surface area contributed by atoms with Crippen LogP contribution in [0.1, 0.15) is 17.5 Å². The van der Waals surface area contributed by atoms with Gasteiger partial charge in [0, 0.05) is 6.42 Å². The molecule has 0 aromatic heterocycles. The molecule has 1 saturated heterocycles. The van der Waals surface area contributed by atoms with Gasteiger partial charge in [-0.25, -0.2) is 9.59 Å². The Bertz CT molecular complexity index is 974. The first-order valence-corrected chi connectivity index (χ1v) is 10.4. The van der Waals surface area contributed by atoms with E-state index in [1.54, 1.807) is 36.4 Å². The van der Waals surface area contributed by atoms with Crippen LogP contribution >= 0.6 is 0 Å². The van der Waals surface area contributed by atoms with Crippen molar-refractivity contribution in [1.29, 1.82) is 0 Å². The molecular formula is C20H21NO7S. The number of carbonyl (C=O) groups excluding carboxylic acids is 1. The summed E-state index contributed by atoms with van der Waals surface area (Å²) in [6, 6.07) is 13.8. The molecule has 9 heteroatoms. The summed E-state index contributed by atoms with van der Waals surface area (Å²) < 4.78 is 35.3. The van der Waals surface area contributed by atoms with E-state index in [9.17, 15) is 23.1 Å². The number of aryl methyl sites for hydroxylation is 1. The molecule has 2 aromatic carbocycles. The van der Waals surface area contributed by atoms with E-state index in [4.69, 9.17) is 8.92 Å². The minimum absolute atomic E-state index is 0.0182. The Hall–Kier alpha value is -2.91. The zero-order valence-corrected chi connectivity index (χ0v) is 16.5. The van der Waals surface area contributed by atoms with Crippen LogP contribution in [0.5, 0.6) is 0 Å². The van der Waals surface area contributed by atoms with Gasteiger partial charge in [0.25, 0.3) is 10.1 Å². The lowest BCUT2D eigenvalue weighted by Gasteiger charge is -2.20. The molecule has 1 amide bonds. The second-order valence-corrected chi connectivity index (χ2v) is 8.34. The van der Waals surface area contributed by atoms with Crippen LogP contribution in [0.4, 0.5) is 4.79 Å². The Labute approximate surface area is 168 Å². The molecule has 1 aliphatic heterocycles. The highest BCUT2D eigenvalue weighted by Gasteiger charge is 2.43. The summed E-state index contributed by atoms with van der Waals surface area (Å²) in [5.41, 5.74) is 1.64. The third kappa shape index (κ3) is 5.12. The summed E-state index contributed by atoms with van der Waals surface area (Å²) in [6.45, 7) is 1.61. The van der Waals surface area contributed by atoms with E-state index in [1.807, 2.05) is 13.0 Å². The smallest absolute Gasteiger partial charge is 0.410 e. The molecule has 1 fully saturated rings. The topological polar surface area (TPSA) is 110 Å². The zero-order valence-electron chi connectivity index (χ0n) is 15.7. The average Bonchev–Trinajstić information content (AvgIpc) is 3.11. The molecule has 0 aliphatic carbocycles. The molecule has 0 saturated carbocycles. The van der Waals surface area contributed by atoms with E-state index in [0.717, 1.165) is 16.0 Å². The highest BCUT2D eigenvalue weighted by molar-refractivity contribution is 7.86. The first-order valence-electron chi connectivity index (χ1n) is 8.96. The molecule has 29 heavy (non-hydrogen) atoms. The maximum absolute atomic E-state index is 12.5. The highest BCUT2D eigenvalue weighted by atomic mass is 32.2. The lowest BCUT2D eigenvalue weighted by molar-refractivity contribution is -0.141. The Kier molecular flexibility index (Phi) is 6.19. The summed E-state index contributed by atoms with van der Waals surface area (Å²) in [6.07, 6.45) is -1.97. The lowest BCUT2D eigenvalue weighted by atomic mass is 10.2. The van der Waals surface area contributed by atoms with Gasteiger partial charge in [-0.2, -0.15) is 8.42 Å². The van der Waals surface area contributed by atoms with E-state index in [2.05, 4.69) is 0 Å². The molecule has 3 rings (SSSR count). The fourth-order valence-electron chi connectivity index (χ4n) is 3.04. The molecule has 2 aromatic rings. The molecule has 154 valence electrons. The minimum Gasteiger partial charge on any atom is -0.480 e. The van der Waals surface area contributed by atoms with Crippen molar-refractivity contribution in [2.24, 2.45) is 0 Å². The van der Waals surface area contributed by atoms with Crippen molar-refractivity contribution < 1.29 is 32.0 Å². The monoisotopic (exact) mass is 419 g/mol. The van der Waals surface area contributed by atoms with Crippen molar-refractivity contribution in [1.82, 2.24) is 4.90 Å². The quantitative estimate of drug-likeness (QED) is 0.717. The van der Waals surface area contributed by atoms with Crippen LogP contribution in [0.2, 0.25) is 0 Å². The van der Waals surface area contributed by atoms with Crippen LogP contribution < -0.4 is 0 Å². The molecule has 0 bridgehead atoms. The first-order chi connectivity index (χ1) is 13.8. The molecule has 8 nitrogen and oxygen atoms in total. The van der Waals surface area contributed by atoms with Gasteiger partial charge in [0.2, 0.25) is 0 Å². The lowest BCUT2D eigenvalue weighted by Crippen LogP contribution is -2.40. The van der Waals surface area contributed by atoms with Gasteiger partial charge in [-0.15, -0.1) is 0 Å². The van der Waals surface area contributed by atoms with E-state index in [0.29, 0.717) is 0 Å². The van der Waals surface area contributed by atoms with Crippen molar-refractivity contribution in [3.63, 3.8) is 0 Å². The van der Waals surface area contributed by atoms with Crippen LogP contribution in [-0.4, -0.2) is 49.2 Å². The number of carboxylic acids is 1. The van der Waals surface area contributed by atoms with Crippen molar-refractivity contribution in [2.45, 2.75) is 37.0 Å². The van der Waals surface area contributed by atoms with Crippen molar-refractivity contribution in [3.05, 3.63) is 65.7 Å². The van der Waals surface area contributed by atoms with Gasteiger partial charge in [-0.1, -0.05) is 48.0 Å². The molecule has 2 atom stereocenters. The average molecular weight is 419 g/mol. The van der Waals surface area contributed by atoms with Gasteiger partial charge < -0.3 is 9.84 Å². The molecule has 0 radical (unpaired) electrons. The van der Waals surface area contributed by atoms with Gasteiger partial charge in [-0.3, -0.25) is 9.08 Å². The number of amides is 1. The fourth-order valence-corrected chi connectivity index (χ4v) is 4.12. The molecule has 1 N–H and O–H groups in total. The summed E-state index contributed by atoms with van der Waals surface area (Å²) >= 11 is 0. The third-order valence-electron chi connectivity index (χ3n) is 4.56. The van der Waals surface area contributed by atoms with Crippen LogP contribution in [0.3, 0.4) is 0 Å². The van der Waals surface area contributed by atoms with E-state index >= 15 is 0 Å². The standard InChI is InChI=1S/C20H21NO7S/c1-14-7-9-17(10-8-14)29(25,26)28-16-11-18(19(22)23)21(12-16)20(24)27-13-15-5-3-2-4-6-15/h2-10,16,18H,11-13H2,1H3,(H,22,23)/t16?,18-/m1/s1. The second kappa shape index (κ2) is 8.62. The van der Waals surface area contributed by atoms with Crippen LogP contribution in [0, 0.1) is 6.92 Å². The number of hydrogen-bond donors (Lipinski definition) is 1. The number of aliphatic carboxylic acids is 1. The number of benzene rings is 2. The second-order valence-electron chi connectivity index (χ2n) is 6.77. The van der Waals surface area contributed by atoms with Gasteiger partial charge in [-0.05, 0) is 24.6 Å². The van der Waals surface area contributed by atoms with E-state index in [1.165, 1.54) is 12.1 Å². The number of carboxylic acid groups (broad SMARTS) is 1. The normalized spacial score (nSPS) is 19.1. The summed E-state index contributed by atoms with van der Waals surface area (Å²) in [7, 11) is -4.09. The predicted octanol–water partition coefficient (Wildman–Crippen LogP) is 2.56. The zero-order chi connectivity index (χ0) is 21.0. The van der Waals surface area contributed by atoms with Crippen LogP contribution in [0.15, 0.2) is 59.5 Å². The molecule has 1 aliphatic rings. The molecule has 1 heterocycles. The minimum atomic E-state index is -4.09. The maximum Gasteiger partial charge on any atom is 0.410 e. The number of likely N-dealkylation sites (tertiary alicyclic amines) is 1. The van der Waals surface area contributed by atoms with Gasteiger partial charge >= 0.3 is 12.1 Å². The van der Waals surface area contributed by atoms with Gasteiger partial charge in [0.05, 0.1) is 17.5 Å². The Balaban J connectivity index is 1.67. The van der Waals surface area contributed by atoms with Crippen molar-refractivity contribution in [3.8, 4) is 0 Å². The van der Waals surface area contributed by atoms with Crippen molar-refractivity contribution in [2.75, 3.05) is 6.54 Å². The summed E-state index contributed by atoms with van der Waals surface area (Å²) in [5, 5.41) is 9.43. The van der Waals surface area contributed by atoms with Crippen molar-refractivity contribution >= 4 is 22.2 Å². The number of nitrogens with zero attached hydrogens (tertiary/aromatic N) is 1. The SMILES string of the molecule is Cc1ccc(S(=O)(=O)OC2C[C@H](C(=O)O)N(C(=O)OCc3ccccc3)C2)cc1. The largest absolute Gasteiger partial charge is 0.480 e. The van der Waals surface area contributed by atoms with E-state index < -0.39 is 34.3 Å². The molecule has 1 unspecified atom stereocenters. The highest BCUT2D eigenvalue weighted by Crippen LogP contribution is 2.26. The van der Waals surface area contributed by atoms with E-state index in [-0.39, 0.29) is 24.5 Å². The molecular weight excluding hydrogens is 398 g/mol. The predicted molar refractivity (Wildman–Crippen MR) is 103 cm³/mol. The number of hydrogen-bond acceptors (Lipinski definition) is 6. The summed E-state index contributed by atoms with van der Waals surface area (Å²) in [5.74, 6) is -1.25. The maximum atomic E-state index is 12.5. The first kappa shape index (κ1) is 20.8. The Morgan fingerprint density at radius 3 is 2.38 bits per heavy atom. The van der Waals surface area contributed by atoms with Crippen LogP contribution in [-0.2, 0) is 30.4 Å². The van der Waals surface area contributed by atoms with Gasteiger partial charge in [0.15, 0.2) is 0 Å². The Morgan fingerprint density at radius 1 is 1.10 bits per heavy atom. The Morgan fingerprint density at radius 2 is 1.76 bits per heavy atom. The third-order valence-corrected chi connectivity index (χ3v) is 5.93. The number of carbonyl (C=O) groups is 2. The summed E-state index contributed by atoms with van der Waals surface area (Å²) in [4.78, 5) is 24.9.